The second-order valence-corrected chi connectivity index (χ2v) is 6.64. The molecule has 1 heterocycles. The normalized spacial score (nSPS) is 15.8. The zero-order valence-corrected chi connectivity index (χ0v) is 14.8. The number of nitrogens with zero attached hydrogens (tertiary/aromatic N) is 1. The van der Waals surface area contributed by atoms with Crippen LogP contribution >= 0.6 is 0 Å². The highest BCUT2D eigenvalue weighted by molar-refractivity contribution is 5.76. The average Bonchev–Trinajstić information content (AvgIpc) is 2.59. The number of methoxy groups -OCH3 is 2. The summed E-state index contributed by atoms with van der Waals surface area (Å²) in [5.41, 5.74) is 1.03. The van der Waals surface area contributed by atoms with Gasteiger partial charge in [0.25, 0.3) is 0 Å². The summed E-state index contributed by atoms with van der Waals surface area (Å²) < 4.78 is 10.6. The van der Waals surface area contributed by atoms with E-state index in [1.165, 1.54) is 0 Å². The zero-order chi connectivity index (χ0) is 16.8. The van der Waals surface area contributed by atoms with Crippen molar-refractivity contribution in [2.75, 3.05) is 27.3 Å². The Bertz CT molecular complexity index is 519. The zero-order valence-electron chi connectivity index (χ0n) is 14.8. The molecule has 0 spiro atoms. The molecule has 2 rings (SSSR count). The summed E-state index contributed by atoms with van der Waals surface area (Å²) in [7, 11) is 3.30. The van der Waals surface area contributed by atoms with Crippen molar-refractivity contribution in [3.05, 3.63) is 23.8 Å². The maximum atomic E-state index is 12.5. The van der Waals surface area contributed by atoms with Crippen molar-refractivity contribution < 1.29 is 14.3 Å². The molecule has 1 aromatic rings. The highest BCUT2D eigenvalue weighted by Crippen LogP contribution is 2.27. The van der Waals surface area contributed by atoms with Crippen LogP contribution in [0.15, 0.2) is 18.2 Å². The number of rotatable bonds is 6. The van der Waals surface area contributed by atoms with Crippen molar-refractivity contribution in [1.29, 1.82) is 0 Å². The van der Waals surface area contributed by atoms with Crippen molar-refractivity contribution >= 4 is 5.91 Å². The third-order valence-electron chi connectivity index (χ3n) is 4.93. The summed E-state index contributed by atoms with van der Waals surface area (Å²) in [6.45, 7) is 6.35. The van der Waals surface area contributed by atoms with E-state index in [-0.39, 0.29) is 5.91 Å². The van der Waals surface area contributed by atoms with E-state index in [1.807, 2.05) is 23.1 Å². The number of benzene rings is 1. The first kappa shape index (κ1) is 17.6. The summed E-state index contributed by atoms with van der Waals surface area (Å²) in [5.74, 6) is 3.34. The van der Waals surface area contributed by atoms with Gasteiger partial charge in [0.05, 0.1) is 14.2 Å². The van der Waals surface area contributed by atoms with Gasteiger partial charge in [0.1, 0.15) is 11.5 Å². The Labute approximate surface area is 139 Å². The maximum Gasteiger partial charge on any atom is 0.222 e. The van der Waals surface area contributed by atoms with Crippen molar-refractivity contribution in [2.24, 2.45) is 11.8 Å². The van der Waals surface area contributed by atoms with Crippen LogP contribution in [0.1, 0.15) is 38.7 Å². The van der Waals surface area contributed by atoms with Crippen LogP contribution in [0.25, 0.3) is 0 Å². The third kappa shape index (κ3) is 4.63. The van der Waals surface area contributed by atoms with Gasteiger partial charge in [0.15, 0.2) is 0 Å². The minimum Gasteiger partial charge on any atom is -0.497 e. The van der Waals surface area contributed by atoms with Crippen molar-refractivity contribution in [2.45, 2.75) is 39.5 Å². The molecule has 0 saturated carbocycles. The molecule has 0 aliphatic carbocycles. The van der Waals surface area contributed by atoms with Gasteiger partial charge in [-0.05, 0) is 54.9 Å². The predicted molar refractivity (Wildman–Crippen MR) is 92.0 cm³/mol. The number of hydrogen-bond acceptors (Lipinski definition) is 3. The SMILES string of the molecule is COc1ccc(OC)c(CCC(=O)N2CCC(C(C)C)CC2)c1. The van der Waals surface area contributed by atoms with Crippen LogP contribution in [0.3, 0.4) is 0 Å². The predicted octanol–water partition coefficient (Wildman–Crippen LogP) is 3.53. The third-order valence-corrected chi connectivity index (χ3v) is 4.93. The number of likely N-dealkylation sites (tertiary alicyclic amines) is 1. The van der Waals surface area contributed by atoms with E-state index >= 15 is 0 Å². The number of aryl methyl sites for hydroxylation is 1. The van der Waals surface area contributed by atoms with Crippen molar-refractivity contribution in [3.63, 3.8) is 0 Å². The van der Waals surface area contributed by atoms with Crippen molar-refractivity contribution in [3.8, 4) is 11.5 Å². The maximum absolute atomic E-state index is 12.5. The van der Waals surface area contributed by atoms with Gasteiger partial charge in [-0.2, -0.15) is 0 Å². The molecule has 1 saturated heterocycles. The van der Waals surface area contributed by atoms with Gasteiger partial charge in [-0.3, -0.25) is 4.79 Å². The molecule has 1 aliphatic rings. The van der Waals surface area contributed by atoms with Gasteiger partial charge < -0.3 is 14.4 Å². The molecule has 4 nitrogen and oxygen atoms in total. The van der Waals surface area contributed by atoms with Gasteiger partial charge in [-0.1, -0.05) is 13.8 Å². The molecular formula is C19H29NO3. The summed E-state index contributed by atoms with van der Waals surface area (Å²) in [5, 5.41) is 0. The smallest absolute Gasteiger partial charge is 0.222 e. The van der Waals surface area contributed by atoms with Crippen LogP contribution in [0.4, 0.5) is 0 Å². The Morgan fingerprint density at radius 3 is 2.48 bits per heavy atom. The average molecular weight is 319 g/mol. The summed E-state index contributed by atoms with van der Waals surface area (Å²) in [6.07, 6.45) is 3.47. The molecule has 0 radical (unpaired) electrons. The minimum atomic E-state index is 0.247. The quantitative estimate of drug-likeness (QED) is 0.805. The van der Waals surface area contributed by atoms with E-state index in [0.717, 1.165) is 48.9 Å². The summed E-state index contributed by atoms with van der Waals surface area (Å²) >= 11 is 0. The van der Waals surface area contributed by atoms with Crippen molar-refractivity contribution in [1.82, 2.24) is 4.90 Å². The lowest BCUT2D eigenvalue weighted by atomic mass is 9.86. The molecule has 1 amide bonds. The van der Waals surface area contributed by atoms with Crippen LogP contribution in [-0.2, 0) is 11.2 Å². The van der Waals surface area contributed by atoms with Gasteiger partial charge in [-0.25, -0.2) is 0 Å². The second-order valence-electron chi connectivity index (χ2n) is 6.64. The standard InChI is InChI=1S/C19H29NO3/c1-14(2)15-9-11-20(12-10-15)19(21)8-5-16-13-17(22-3)6-7-18(16)23-4/h6-7,13-15H,5,8-12H2,1-4H3. The van der Waals surface area contributed by atoms with E-state index in [2.05, 4.69) is 13.8 Å². The minimum absolute atomic E-state index is 0.247. The fourth-order valence-electron chi connectivity index (χ4n) is 3.29. The molecule has 23 heavy (non-hydrogen) atoms. The number of amides is 1. The lowest BCUT2D eigenvalue weighted by Gasteiger charge is -2.34. The molecule has 0 unspecified atom stereocenters. The Morgan fingerprint density at radius 1 is 1.22 bits per heavy atom. The molecule has 1 aliphatic heterocycles. The Morgan fingerprint density at radius 2 is 1.91 bits per heavy atom. The van der Waals surface area contributed by atoms with E-state index in [9.17, 15) is 4.79 Å². The summed E-state index contributed by atoms with van der Waals surface area (Å²) in [4.78, 5) is 14.5. The first-order chi connectivity index (χ1) is 11.0. The van der Waals surface area contributed by atoms with Crippen LogP contribution in [-0.4, -0.2) is 38.1 Å². The summed E-state index contributed by atoms with van der Waals surface area (Å²) in [6, 6.07) is 5.73. The molecule has 0 bridgehead atoms. The highest BCUT2D eigenvalue weighted by atomic mass is 16.5. The first-order valence-electron chi connectivity index (χ1n) is 8.53. The van der Waals surface area contributed by atoms with E-state index in [4.69, 9.17) is 9.47 Å². The van der Waals surface area contributed by atoms with E-state index in [1.54, 1.807) is 14.2 Å². The van der Waals surface area contributed by atoms with Gasteiger partial charge in [0, 0.05) is 19.5 Å². The Kier molecular flexibility index (Phi) is 6.31. The molecule has 1 fully saturated rings. The number of carbonyl (C=O) groups excluding carboxylic acids is 1. The molecule has 0 aromatic heterocycles. The lowest BCUT2D eigenvalue weighted by molar-refractivity contribution is -0.132. The van der Waals surface area contributed by atoms with Crippen LogP contribution in [0.5, 0.6) is 11.5 Å². The topological polar surface area (TPSA) is 38.8 Å². The van der Waals surface area contributed by atoms with Gasteiger partial charge in [-0.15, -0.1) is 0 Å². The van der Waals surface area contributed by atoms with Crippen LogP contribution in [0, 0.1) is 11.8 Å². The Hall–Kier alpha value is -1.71. The second kappa shape index (κ2) is 8.23. The molecule has 1 aromatic carbocycles. The Balaban J connectivity index is 1.90. The molecule has 0 atom stereocenters. The van der Waals surface area contributed by atoms with Gasteiger partial charge >= 0.3 is 0 Å². The van der Waals surface area contributed by atoms with Crippen LogP contribution in [0.2, 0.25) is 0 Å². The monoisotopic (exact) mass is 319 g/mol. The molecule has 128 valence electrons. The number of hydrogen-bond donors (Lipinski definition) is 0. The fourth-order valence-corrected chi connectivity index (χ4v) is 3.29. The number of carbonyl (C=O) groups is 1. The molecule has 4 heteroatoms. The number of piperidine rings is 1. The van der Waals surface area contributed by atoms with E-state index < -0.39 is 0 Å². The van der Waals surface area contributed by atoms with Gasteiger partial charge in [0.2, 0.25) is 5.91 Å². The largest absolute Gasteiger partial charge is 0.497 e. The highest BCUT2D eigenvalue weighted by Gasteiger charge is 2.24. The van der Waals surface area contributed by atoms with Crippen LogP contribution < -0.4 is 9.47 Å². The fraction of sp³-hybridized carbons (Fsp3) is 0.632. The first-order valence-corrected chi connectivity index (χ1v) is 8.53. The molecule has 0 N–H and O–H groups in total. The molecular weight excluding hydrogens is 290 g/mol. The number of ether oxygens (including phenoxy) is 2. The van der Waals surface area contributed by atoms with E-state index in [0.29, 0.717) is 18.8 Å². The lowest BCUT2D eigenvalue weighted by Crippen LogP contribution is -2.39.